The number of rotatable bonds is 5. The summed E-state index contributed by atoms with van der Waals surface area (Å²) in [4.78, 5) is 10.6. The Morgan fingerprint density at radius 3 is 1.88 bits per heavy atom. The fourth-order valence-electron chi connectivity index (χ4n) is 4.19. The van der Waals surface area contributed by atoms with Gasteiger partial charge in [0, 0.05) is 43.1 Å². The molecule has 2 aromatic heterocycles. The van der Waals surface area contributed by atoms with Crippen molar-refractivity contribution in [1.29, 1.82) is 0 Å². The van der Waals surface area contributed by atoms with E-state index in [-0.39, 0.29) is 0 Å². The molecule has 34 heavy (non-hydrogen) atoms. The van der Waals surface area contributed by atoms with Gasteiger partial charge < -0.3 is 19.3 Å². The SMILES string of the molecule is c1cc(N2CCOCC2)ccc1N=Nc1cc2sc(-c3ccc(N4CCOCC4)cc3)nc2s1. The van der Waals surface area contributed by atoms with Crippen molar-refractivity contribution in [1.82, 2.24) is 4.98 Å². The number of aromatic nitrogens is 1. The lowest BCUT2D eigenvalue weighted by molar-refractivity contribution is 0.122. The van der Waals surface area contributed by atoms with E-state index in [1.165, 1.54) is 11.4 Å². The van der Waals surface area contributed by atoms with Crippen LogP contribution in [0, 0.1) is 0 Å². The number of nitrogens with zero attached hydrogens (tertiary/aromatic N) is 5. The number of benzene rings is 2. The van der Waals surface area contributed by atoms with Crippen LogP contribution in [0.5, 0.6) is 0 Å². The first-order valence-corrected chi connectivity index (χ1v) is 13.1. The van der Waals surface area contributed by atoms with E-state index in [0.29, 0.717) is 0 Å². The van der Waals surface area contributed by atoms with Gasteiger partial charge in [-0.15, -0.1) is 21.6 Å². The third-order valence-corrected chi connectivity index (χ3v) is 8.15. The first kappa shape index (κ1) is 21.7. The maximum absolute atomic E-state index is 5.45. The summed E-state index contributed by atoms with van der Waals surface area (Å²) in [5.41, 5.74) is 4.44. The molecular formula is C25H25N5O2S2. The lowest BCUT2D eigenvalue weighted by atomic mass is 10.2. The molecular weight excluding hydrogens is 466 g/mol. The van der Waals surface area contributed by atoms with Crippen molar-refractivity contribution in [2.24, 2.45) is 10.2 Å². The Morgan fingerprint density at radius 2 is 1.29 bits per heavy atom. The molecule has 2 aromatic carbocycles. The van der Waals surface area contributed by atoms with E-state index in [1.807, 2.05) is 12.1 Å². The highest BCUT2D eigenvalue weighted by molar-refractivity contribution is 7.30. The van der Waals surface area contributed by atoms with E-state index < -0.39 is 0 Å². The third kappa shape index (κ3) is 4.69. The van der Waals surface area contributed by atoms with Crippen molar-refractivity contribution in [2.75, 3.05) is 62.4 Å². The summed E-state index contributed by atoms with van der Waals surface area (Å²) in [6.45, 7) is 6.91. The lowest BCUT2D eigenvalue weighted by Gasteiger charge is -2.28. The maximum atomic E-state index is 5.45. The number of thiophene rings is 1. The average molecular weight is 492 g/mol. The van der Waals surface area contributed by atoms with E-state index in [2.05, 4.69) is 62.5 Å². The Bertz CT molecular complexity index is 1240. The van der Waals surface area contributed by atoms with E-state index in [1.54, 1.807) is 22.7 Å². The molecule has 2 fully saturated rings. The third-order valence-electron chi connectivity index (χ3n) is 6.06. The topological polar surface area (TPSA) is 62.5 Å². The highest BCUT2D eigenvalue weighted by Crippen LogP contribution is 2.39. The fraction of sp³-hybridized carbons (Fsp3) is 0.320. The smallest absolute Gasteiger partial charge is 0.142 e. The maximum Gasteiger partial charge on any atom is 0.142 e. The first-order valence-electron chi connectivity index (χ1n) is 11.5. The van der Waals surface area contributed by atoms with Crippen LogP contribution in [0.4, 0.5) is 22.1 Å². The van der Waals surface area contributed by atoms with Gasteiger partial charge in [-0.2, -0.15) is 0 Å². The van der Waals surface area contributed by atoms with Gasteiger partial charge in [0.2, 0.25) is 0 Å². The van der Waals surface area contributed by atoms with Crippen LogP contribution >= 0.6 is 22.7 Å². The minimum Gasteiger partial charge on any atom is -0.378 e. The summed E-state index contributed by atoms with van der Waals surface area (Å²) < 4.78 is 12.0. The number of anilines is 2. The van der Waals surface area contributed by atoms with E-state index in [0.717, 1.165) is 83.4 Å². The molecule has 0 unspecified atom stereocenters. The Balaban J connectivity index is 1.13. The van der Waals surface area contributed by atoms with Crippen molar-refractivity contribution in [3.63, 3.8) is 0 Å². The van der Waals surface area contributed by atoms with Gasteiger partial charge in [0.25, 0.3) is 0 Å². The predicted molar refractivity (Wildman–Crippen MR) is 140 cm³/mol. The van der Waals surface area contributed by atoms with Crippen LogP contribution < -0.4 is 9.80 Å². The van der Waals surface area contributed by atoms with Gasteiger partial charge in [-0.1, -0.05) is 11.3 Å². The van der Waals surface area contributed by atoms with Crippen molar-refractivity contribution in [3.05, 3.63) is 54.6 Å². The van der Waals surface area contributed by atoms with Crippen LogP contribution in [0.25, 0.3) is 20.1 Å². The standard InChI is InChI=1S/C25H25N5O2S2/c1-5-20(29-9-13-31-14-10-29)6-2-18(1)24-26-25-22(33-24)17-23(34-25)28-27-19-3-7-21(8-4-19)30-11-15-32-16-12-30/h1-8,17H,9-16H2. The molecule has 0 atom stereocenters. The van der Waals surface area contributed by atoms with Gasteiger partial charge in [-0.3, -0.25) is 0 Å². The van der Waals surface area contributed by atoms with E-state index >= 15 is 0 Å². The molecule has 0 radical (unpaired) electrons. The zero-order valence-corrected chi connectivity index (χ0v) is 20.4. The minimum absolute atomic E-state index is 0.784. The molecule has 0 N–H and O–H groups in total. The van der Waals surface area contributed by atoms with Gasteiger partial charge in [0.1, 0.15) is 14.8 Å². The number of thiazole rings is 1. The second kappa shape index (κ2) is 9.79. The van der Waals surface area contributed by atoms with Crippen molar-refractivity contribution >= 4 is 54.3 Å². The van der Waals surface area contributed by atoms with Gasteiger partial charge in [0.05, 0.1) is 36.8 Å². The van der Waals surface area contributed by atoms with Crippen molar-refractivity contribution < 1.29 is 9.47 Å². The van der Waals surface area contributed by atoms with Gasteiger partial charge in [-0.25, -0.2) is 4.98 Å². The lowest BCUT2D eigenvalue weighted by Crippen LogP contribution is -2.36. The second-order valence-corrected chi connectivity index (χ2v) is 10.3. The molecule has 0 saturated carbocycles. The van der Waals surface area contributed by atoms with E-state index in [9.17, 15) is 0 Å². The molecule has 9 heteroatoms. The van der Waals surface area contributed by atoms with Crippen LogP contribution in [0.15, 0.2) is 64.8 Å². The number of azo groups is 1. The van der Waals surface area contributed by atoms with Crippen LogP contribution in [-0.4, -0.2) is 57.6 Å². The molecule has 6 rings (SSSR count). The fourth-order valence-corrected chi connectivity index (χ4v) is 6.23. The summed E-state index contributed by atoms with van der Waals surface area (Å²) in [5.74, 6) is 0. The van der Waals surface area contributed by atoms with Crippen LogP contribution in [-0.2, 0) is 9.47 Å². The van der Waals surface area contributed by atoms with Gasteiger partial charge in [-0.05, 0) is 54.6 Å². The number of hydrogen-bond acceptors (Lipinski definition) is 9. The minimum atomic E-state index is 0.784. The normalized spacial score (nSPS) is 17.2. The number of fused-ring (bicyclic) bond motifs is 1. The molecule has 2 saturated heterocycles. The van der Waals surface area contributed by atoms with Crippen molar-refractivity contribution in [3.8, 4) is 10.6 Å². The van der Waals surface area contributed by atoms with Crippen LogP contribution in [0.2, 0.25) is 0 Å². The Morgan fingerprint density at radius 1 is 0.706 bits per heavy atom. The Labute approximate surface area is 206 Å². The molecule has 0 amide bonds. The van der Waals surface area contributed by atoms with Crippen LogP contribution in [0.1, 0.15) is 0 Å². The Hall–Kier alpha value is -2.85. The molecule has 0 spiro atoms. The van der Waals surface area contributed by atoms with Crippen molar-refractivity contribution in [2.45, 2.75) is 0 Å². The number of hydrogen-bond donors (Lipinski definition) is 0. The summed E-state index contributed by atoms with van der Waals surface area (Å²) in [6, 6.07) is 19.0. The highest BCUT2D eigenvalue weighted by Gasteiger charge is 2.14. The van der Waals surface area contributed by atoms with Gasteiger partial charge >= 0.3 is 0 Å². The average Bonchev–Trinajstić information content (AvgIpc) is 3.48. The monoisotopic (exact) mass is 491 g/mol. The number of ether oxygens (including phenoxy) is 2. The summed E-state index contributed by atoms with van der Waals surface area (Å²) in [7, 11) is 0. The summed E-state index contributed by atoms with van der Waals surface area (Å²) >= 11 is 3.28. The molecule has 0 aliphatic carbocycles. The molecule has 2 aliphatic heterocycles. The summed E-state index contributed by atoms with van der Waals surface area (Å²) in [5, 5.41) is 10.8. The molecule has 4 heterocycles. The highest BCUT2D eigenvalue weighted by atomic mass is 32.1. The zero-order valence-electron chi connectivity index (χ0n) is 18.7. The molecule has 4 aromatic rings. The Kier molecular flexibility index (Phi) is 6.24. The van der Waals surface area contributed by atoms with Crippen LogP contribution in [0.3, 0.4) is 0 Å². The second-order valence-electron chi connectivity index (χ2n) is 8.24. The molecule has 2 aliphatic rings. The number of morpholine rings is 2. The first-order chi connectivity index (χ1) is 16.8. The quantitative estimate of drug-likeness (QED) is 0.315. The van der Waals surface area contributed by atoms with E-state index in [4.69, 9.17) is 14.5 Å². The summed E-state index contributed by atoms with van der Waals surface area (Å²) in [6.07, 6.45) is 0. The zero-order chi connectivity index (χ0) is 22.7. The molecule has 7 nitrogen and oxygen atoms in total. The molecule has 174 valence electrons. The predicted octanol–water partition coefficient (Wildman–Crippen LogP) is 6.11. The molecule has 0 bridgehead atoms. The largest absolute Gasteiger partial charge is 0.378 e. The van der Waals surface area contributed by atoms with Gasteiger partial charge in [0.15, 0.2) is 0 Å².